The van der Waals surface area contributed by atoms with Gasteiger partial charge in [-0.2, -0.15) is 0 Å². The van der Waals surface area contributed by atoms with E-state index in [2.05, 4.69) is 4.72 Å². The Kier molecular flexibility index (Phi) is 4.99. The highest BCUT2D eigenvalue weighted by Crippen LogP contribution is 2.28. The van der Waals surface area contributed by atoms with E-state index in [4.69, 9.17) is 4.74 Å². The van der Waals surface area contributed by atoms with E-state index in [1.165, 1.54) is 6.92 Å². The van der Waals surface area contributed by atoms with Crippen LogP contribution in [0.2, 0.25) is 0 Å². The fourth-order valence-electron chi connectivity index (χ4n) is 2.42. The van der Waals surface area contributed by atoms with Gasteiger partial charge in [0.2, 0.25) is 0 Å². The van der Waals surface area contributed by atoms with Crippen LogP contribution >= 0.6 is 0 Å². The molecule has 0 amide bonds. The zero-order valence-electron chi connectivity index (χ0n) is 14.4. The largest absolute Gasteiger partial charge is 0.496 e. The molecular weight excluding hydrogens is 326 g/mol. The molecule has 0 spiro atoms. The van der Waals surface area contributed by atoms with Gasteiger partial charge in [-0.05, 0) is 62.6 Å². The molecule has 0 heterocycles. The summed E-state index contributed by atoms with van der Waals surface area (Å²) < 4.78 is 33.3. The number of Topliss-reactive ketones (excluding diaryl/α,β-unsaturated/α-hetero) is 1. The third kappa shape index (κ3) is 3.59. The Morgan fingerprint density at radius 1 is 1.00 bits per heavy atom. The second kappa shape index (κ2) is 6.65. The molecule has 0 aliphatic carbocycles. The van der Waals surface area contributed by atoms with Crippen molar-refractivity contribution in [3.8, 4) is 5.75 Å². The Labute approximate surface area is 142 Å². The Balaban J connectivity index is 2.48. The van der Waals surface area contributed by atoms with Crippen LogP contribution in [0.15, 0.2) is 35.2 Å². The third-order valence-corrected chi connectivity index (χ3v) is 5.38. The monoisotopic (exact) mass is 347 g/mol. The van der Waals surface area contributed by atoms with Crippen LogP contribution in [0.5, 0.6) is 5.75 Å². The number of methoxy groups -OCH3 is 1. The number of hydrogen-bond acceptors (Lipinski definition) is 4. The standard InChI is InChI=1S/C18H21NO4S/c1-11-6-7-15(14(4)20)10-16(11)19-24(21,22)18-9-12(2)17(23-5)8-13(18)3/h6-10,19H,1-5H3. The predicted octanol–water partition coefficient (Wildman–Crippen LogP) is 3.62. The molecule has 0 atom stereocenters. The van der Waals surface area contributed by atoms with Gasteiger partial charge in [0.15, 0.2) is 5.78 Å². The normalized spacial score (nSPS) is 11.2. The number of aryl methyl sites for hydroxylation is 3. The maximum atomic E-state index is 12.8. The molecule has 0 saturated carbocycles. The third-order valence-electron chi connectivity index (χ3n) is 3.87. The number of ether oxygens (including phenoxy) is 1. The Bertz CT molecular complexity index is 901. The van der Waals surface area contributed by atoms with E-state index in [-0.39, 0.29) is 10.7 Å². The molecule has 24 heavy (non-hydrogen) atoms. The first-order chi connectivity index (χ1) is 11.2. The maximum Gasteiger partial charge on any atom is 0.262 e. The molecule has 2 aromatic carbocycles. The number of hydrogen-bond donors (Lipinski definition) is 1. The quantitative estimate of drug-likeness (QED) is 0.839. The smallest absolute Gasteiger partial charge is 0.262 e. The van der Waals surface area contributed by atoms with E-state index in [0.29, 0.717) is 22.6 Å². The average molecular weight is 347 g/mol. The first-order valence-corrected chi connectivity index (χ1v) is 8.93. The highest BCUT2D eigenvalue weighted by molar-refractivity contribution is 7.92. The van der Waals surface area contributed by atoms with Crippen molar-refractivity contribution in [2.45, 2.75) is 32.6 Å². The Morgan fingerprint density at radius 2 is 1.67 bits per heavy atom. The van der Waals surface area contributed by atoms with Crippen LogP contribution in [-0.4, -0.2) is 21.3 Å². The fourth-order valence-corrected chi connectivity index (χ4v) is 3.86. The molecule has 0 aliphatic rings. The zero-order valence-corrected chi connectivity index (χ0v) is 15.2. The van der Waals surface area contributed by atoms with Gasteiger partial charge in [-0.3, -0.25) is 9.52 Å². The van der Waals surface area contributed by atoms with E-state index in [1.807, 2.05) is 0 Å². The van der Waals surface area contributed by atoms with Gasteiger partial charge in [-0.15, -0.1) is 0 Å². The lowest BCUT2D eigenvalue weighted by atomic mass is 10.1. The van der Waals surface area contributed by atoms with Crippen LogP contribution < -0.4 is 9.46 Å². The van der Waals surface area contributed by atoms with Crippen molar-refractivity contribution >= 4 is 21.5 Å². The first-order valence-electron chi connectivity index (χ1n) is 7.45. The van der Waals surface area contributed by atoms with Crippen LogP contribution in [0.4, 0.5) is 5.69 Å². The molecule has 0 radical (unpaired) electrons. The lowest BCUT2D eigenvalue weighted by Crippen LogP contribution is -2.16. The van der Waals surface area contributed by atoms with Gasteiger partial charge in [-0.25, -0.2) is 8.42 Å². The number of anilines is 1. The van der Waals surface area contributed by atoms with Gasteiger partial charge in [0.1, 0.15) is 5.75 Å². The predicted molar refractivity (Wildman–Crippen MR) is 94.5 cm³/mol. The van der Waals surface area contributed by atoms with E-state index in [9.17, 15) is 13.2 Å². The molecule has 0 saturated heterocycles. The number of carbonyl (C=O) groups excluding carboxylic acids is 1. The summed E-state index contributed by atoms with van der Waals surface area (Å²) >= 11 is 0. The van der Waals surface area contributed by atoms with Crippen molar-refractivity contribution < 1.29 is 17.9 Å². The average Bonchev–Trinajstić information content (AvgIpc) is 2.50. The highest BCUT2D eigenvalue weighted by atomic mass is 32.2. The van der Waals surface area contributed by atoms with Crippen molar-refractivity contribution in [1.82, 2.24) is 0 Å². The zero-order chi connectivity index (χ0) is 18.1. The minimum atomic E-state index is -3.77. The van der Waals surface area contributed by atoms with Gasteiger partial charge in [-0.1, -0.05) is 12.1 Å². The summed E-state index contributed by atoms with van der Waals surface area (Å²) in [4.78, 5) is 11.7. The molecule has 2 aromatic rings. The molecule has 0 fully saturated rings. The van der Waals surface area contributed by atoms with E-state index >= 15 is 0 Å². The lowest BCUT2D eigenvalue weighted by molar-refractivity contribution is 0.101. The summed E-state index contributed by atoms with van der Waals surface area (Å²) in [6.07, 6.45) is 0. The molecular formula is C18H21NO4S. The number of nitrogens with one attached hydrogen (secondary N) is 1. The molecule has 6 heteroatoms. The molecule has 0 aromatic heterocycles. The van der Waals surface area contributed by atoms with Crippen molar-refractivity contribution in [3.05, 3.63) is 52.6 Å². The number of ketones is 1. The molecule has 128 valence electrons. The molecule has 0 bridgehead atoms. The molecule has 0 aliphatic heterocycles. The number of rotatable bonds is 5. The van der Waals surface area contributed by atoms with Crippen molar-refractivity contribution in [1.29, 1.82) is 0 Å². The summed E-state index contributed by atoms with van der Waals surface area (Å²) in [5.74, 6) is 0.521. The van der Waals surface area contributed by atoms with E-state index < -0.39 is 10.0 Å². The van der Waals surface area contributed by atoms with Crippen LogP contribution in [0.3, 0.4) is 0 Å². The van der Waals surface area contributed by atoms with Gasteiger partial charge < -0.3 is 4.74 Å². The summed E-state index contributed by atoms with van der Waals surface area (Å²) in [5.41, 5.74) is 2.92. The van der Waals surface area contributed by atoms with Gasteiger partial charge in [0.05, 0.1) is 17.7 Å². The van der Waals surface area contributed by atoms with Crippen molar-refractivity contribution in [2.24, 2.45) is 0 Å². The highest BCUT2D eigenvalue weighted by Gasteiger charge is 2.20. The SMILES string of the molecule is COc1cc(C)c(S(=O)(=O)Nc2cc(C(C)=O)ccc2C)cc1C. The number of benzene rings is 2. The van der Waals surface area contributed by atoms with Crippen LogP contribution in [0.25, 0.3) is 0 Å². The maximum absolute atomic E-state index is 12.8. The molecule has 2 rings (SSSR count). The summed E-state index contributed by atoms with van der Waals surface area (Å²) in [5, 5.41) is 0. The van der Waals surface area contributed by atoms with Gasteiger partial charge in [0, 0.05) is 5.56 Å². The molecule has 1 N–H and O–H groups in total. The second-order valence-electron chi connectivity index (χ2n) is 5.78. The van der Waals surface area contributed by atoms with Crippen LogP contribution in [-0.2, 0) is 10.0 Å². The summed E-state index contributed by atoms with van der Waals surface area (Å²) in [7, 11) is -2.23. The number of sulfonamides is 1. The number of carbonyl (C=O) groups is 1. The van der Waals surface area contributed by atoms with Crippen LogP contribution in [0, 0.1) is 20.8 Å². The van der Waals surface area contributed by atoms with E-state index in [1.54, 1.807) is 58.2 Å². The van der Waals surface area contributed by atoms with Gasteiger partial charge in [0.25, 0.3) is 10.0 Å². The van der Waals surface area contributed by atoms with E-state index in [0.717, 1.165) is 11.1 Å². The summed E-state index contributed by atoms with van der Waals surface area (Å²) in [6.45, 7) is 6.74. The van der Waals surface area contributed by atoms with Gasteiger partial charge >= 0.3 is 0 Å². The molecule has 0 unspecified atom stereocenters. The fraction of sp³-hybridized carbons (Fsp3) is 0.278. The minimum Gasteiger partial charge on any atom is -0.496 e. The lowest BCUT2D eigenvalue weighted by Gasteiger charge is -2.15. The van der Waals surface area contributed by atoms with Crippen molar-refractivity contribution in [2.75, 3.05) is 11.8 Å². The molecule has 5 nitrogen and oxygen atoms in total. The second-order valence-corrected chi connectivity index (χ2v) is 7.43. The minimum absolute atomic E-state index is 0.119. The van der Waals surface area contributed by atoms with Crippen LogP contribution in [0.1, 0.15) is 34.0 Å². The topological polar surface area (TPSA) is 72.5 Å². The van der Waals surface area contributed by atoms with Crippen molar-refractivity contribution in [3.63, 3.8) is 0 Å². The summed E-state index contributed by atoms with van der Waals surface area (Å²) in [6, 6.07) is 8.24. The Morgan fingerprint density at radius 3 is 2.25 bits per heavy atom. The first kappa shape index (κ1) is 18.0. The Hall–Kier alpha value is -2.34.